The highest BCUT2D eigenvalue weighted by Gasteiger charge is 2.40. The van der Waals surface area contributed by atoms with Gasteiger partial charge in [-0.25, -0.2) is 4.79 Å². The van der Waals surface area contributed by atoms with Crippen LogP contribution in [0, 0.1) is 13.8 Å². The van der Waals surface area contributed by atoms with E-state index in [1.54, 1.807) is 14.2 Å². The van der Waals surface area contributed by atoms with Gasteiger partial charge in [-0.05, 0) is 67.1 Å². The first-order valence-corrected chi connectivity index (χ1v) is 12.4. The van der Waals surface area contributed by atoms with Crippen molar-refractivity contribution >= 4 is 11.7 Å². The van der Waals surface area contributed by atoms with Crippen molar-refractivity contribution in [3.05, 3.63) is 41.0 Å². The molecule has 2 aromatic carbocycles. The quantitative estimate of drug-likeness (QED) is 0.488. The summed E-state index contributed by atoms with van der Waals surface area (Å²) in [4.78, 5) is 12.2. The molecule has 0 atom stereocenters. The first-order valence-electron chi connectivity index (χ1n) is 12.4. The maximum Gasteiger partial charge on any atom is 0.329 e. The molecule has 1 saturated heterocycles. The molecule has 7 nitrogen and oxygen atoms in total. The summed E-state index contributed by atoms with van der Waals surface area (Å²) in [5, 5.41) is 13.3. The zero-order valence-electron chi connectivity index (χ0n) is 21.2. The molecule has 0 amide bonds. The number of carboxylic acids is 1. The zero-order valence-corrected chi connectivity index (χ0v) is 21.2. The summed E-state index contributed by atoms with van der Waals surface area (Å²) in [5.41, 5.74) is 4.78. The predicted octanol–water partition coefficient (Wildman–Crippen LogP) is 5.49. The summed E-state index contributed by atoms with van der Waals surface area (Å²) in [6.45, 7) is 5.38. The van der Waals surface area contributed by atoms with Crippen molar-refractivity contribution in [3.63, 3.8) is 0 Å². The van der Waals surface area contributed by atoms with Gasteiger partial charge in [0, 0.05) is 37.3 Å². The summed E-state index contributed by atoms with van der Waals surface area (Å²) in [6.07, 6.45) is 5.65. The lowest BCUT2D eigenvalue weighted by atomic mass is 9.89. The molecule has 1 saturated carbocycles. The Labute approximate surface area is 207 Å². The number of hydrogen-bond donors (Lipinski definition) is 2. The number of aliphatic carboxylic acids is 1. The van der Waals surface area contributed by atoms with E-state index in [9.17, 15) is 9.90 Å². The molecule has 2 N–H and O–H groups in total. The van der Waals surface area contributed by atoms with Gasteiger partial charge in [-0.1, -0.05) is 18.9 Å². The Hall–Kier alpha value is -2.77. The number of anilines is 1. The van der Waals surface area contributed by atoms with Crippen LogP contribution in [0.5, 0.6) is 11.5 Å². The van der Waals surface area contributed by atoms with Crippen molar-refractivity contribution in [1.29, 1.82) is 0 Å². The van der Waals surface area contributed by atoms with Crippen molar-refractivity contribution in [2.45, 2.75) is 70.6 Å². The minimum Gasteiger partial charge on any atom is -0.493 e. The van der Waals surface area contributed by atoms with E-state index in [4.69, 9.17) is 18.9 Å². The highest BCUT2D eigenvalue weighted by atomic mass is 16.5. The molecule has 0 radical (unpaired) electrons. The van der Waals surface area contributed by atoms with Gasteiger partial charge in [0.1, 0.15) is 5.54 Å². The van der Waals surface area contributed by atoms with Crippen LogP contribution >= 0.6 is 0 Å². The average molecular weight is 484 g/mol. The number of carbonyl (C=O) groups is 1. The van der Waals surface area contributed by atoms with E-state index in [2.05, 4.69) is 18.3 Å². The maximum atomic E-state index is 12.2. The molecule has 0 unspecified atom stereocenters. The number of ether oxygens (including phenoxy) is 4. The van der Waals surface area contributed by atoms with Gasteiger partial charge in [0.15, 0.2) is 11.5 Å². The van der Waals surface area contributed by atoms with Crippen molar-refractivity contribution in [1.82, 2.24) is 0 Å². The van der Waals surface area contributed by atoms with Crippen molar-refractivity contribution in [2.75, 3.05) is 32.8 Å². The summed E-state index contributed by atoms with van der Waals surface area (Å²) in [7, 11) is 3.31. The number of rotatable bonds is 9. The minimum atomic E-state index is -1.04. The largest absolute Gasteiger partial charge is 0.493 e. The molecule has 2 aromatic rings. The summed E-state index contributed by atoms with van der Waals surface area (Å²) >= 11 is 0. The van der Waals surface area contributed by atoms with Crippen LogP contribution < -0.4 is 14.8 Å². The van der Waals surface area contributed by atoms with E-state index in [1.807, 2.05) is 25.1 Å². The van der Waals surface area contributed by atoms with Gasteiger partial charge in [-0.2, -0.15) is 0 Å². The number of benzene rings is 2. The van der Waals surface area contributed by atoms with E-state index in [0.717, 1.165) is 52.1 Å². The molecule has 4 rings (SSSR count). The third kappa shape index (κ3) is 5.26. The monoisotopic (exact) mass is 483 g/mol. The Balaban J connectivity index is 1.75. The molecule has 0 bridgehead atoms. The molecule has 190 valence electrons. The lowest BCUT2D eigenvalue weighted by Gasteiger charge is -2.35. The van der Waals surface area contributed by atoms with Crippen LogP contribution in [-0.2, 0) is 20.9 Å². The van der Waals surface area contributed by atoms with Gasteiger partial charge in [0.2, 0.25) is 0 Å². The normalized spacial score (nSPS) is 17.8. The van der Waals surface area contributed by atoms with E-state index < -0.39 is 11.5 Å². The fourth-order valence-electron chi connectivity index (χ4n) is 5.22. The number of carboxylic acid groups (broad SMARTS) is 1. The van der Waals surface area contributed by atoms with Gasteiger partial charge in [-0.3, -0.25) is 0 Å². The van der Waals surface area contributed by atoms with Crippen LogP contribution in [0.15, 0.2) is 24.3 Å². The van der Waals surface area contributed by atoms with E-state index in [-0.39, 0.29) is 6.10 Å². The van der Waals surface area contributed by atoms with Crippen LogP contribution in [0.3, 0.4) is 0 Å². The molecule has 1 aliphatic carbocycles. The van der Waals surface area contributed by atoms with Crippen LogP contribution in [0.25, 0.3) is 11.1 Å². The fourth-order valence-corrected chi connectivity index (χ4v) is 5.22. The van der Waals surface area contributed by atoms with E-state index >= 15 is 0 Å². The van der Waals surface area contributed by atoms with Gasteiger partial charge in [0.25, 0.3) is 0 Å². The van der Waals surface area contributed by atoms with Gasteiger partial charge >= 0.3 is 5.97 Å². The molecular weight excluding hydrogens is 446 g/mol. The third-order valence-corrected chi connectivity index (χ3v) is 7.46. The van der Waals surface area contributed by atoms with Gasteiger partial charge in [0.05, 0.1) is 26.9 Å². The van der Waals surface area contributed by atoms with Crippen molar-refractivity contribution < 1.29 is 28.8 Å². The zero-order chi connectivity index (χ0) is 25.0. The number of nitrogens with one attached hydrogen (secondary N) is 1. The Bertz CT molecular complexity index is 1050. The summed E-state index contributed by atoms with van der Waals surface area (Å²) < 4.78 is 23.3. The number of aryl methyl sites for hydroxylation is 1. The predicted molar refractivity (Wildman–Crippen MR) is 136 cm³/mol. The first-order chi connectivity index (χ1) is 16.9. The van der Waals surface area contributed by atoms with Crippen molar-refractivity contribution in [2.24, 2.45) is 0 Å². The van der Waals surface area contributed by atoms with Gasteiger partial charge in [-0.15, -0.1) is 0 Å². The fraction of sp³-hybridized carbons (Fsp3) is 0.536. The standard InChI is InChI=1S/C28H37NO6/c1-18-15-24(26(33-4)25(32-3)19(18)2)23-10-9-21(16-20(23)17-35-22-7-5-6-8-22)29-28(27(30)31)11-13-34-14-12-28/h9-10,15-16,22,29H,5-8,11-14,17H2,1-4H3,(H,30,31). The van der Waals surface area contributed by atoms with Crippen LogP contribution in [0.4, 0.5) is 5.69 Å². The highest BCUT2D eigenvalue weighted by Crippen LogP contribution is 2.44. The first kappa shape index (κ1) is 25.3. The lowest BCUT2D eigenvalue weighted by Crippen LogP contribution is -2.50. The molecule has 0 aromatic heterocycles. The molecular formula is C28H37NO6. The minimum absolute atomic E-state index is 0.261. The maximum absolute atomic E-state index is 12.2. The third-order valence-electron chi connectivity index (χ3n) is 7.46. The smallest absolute Gasteiger partial charge is 0.329 e. The average Bonchev–Trinajstić information content (AvgIpc) is 3.38. The number of methoxy groups -OCH3 is 2. The Morgan fingerprint density at radius 2 is 1.74 bits per heavy atom. The van der Waals surface area contributed by atoms with E-state index in [1.165, 1.54) is 12.8 Å². The summed E-state index contributed by atoms with van der Waals surface area (Å²) in [6, 6.07) is 8.10. The second-order valence-corrected chi connectivity index (χ2v) is 9.65. The van der Waals surface area contributed by atoms with Crippen LogP contribution in [-0.4, -0.2) is 50.2 Å². The molecule has 0 spiro atoms. The molecule has 35 heavy (non-hydrogen) atoms. The van der Waals surface area contributed by atoms with Crippen LogP contribution in [0.1, 0.15) is 55.2 Å². The topological polar surface area (TPSA) is 86.3 Å². The second kappa shape index (κ2) is 10.9. The van der Waals surface area contributed by atoms with E-state index in [0.29, 0.717) is 38.4 Å². The Morgan fingerprint density at radius 1 is 1.06 bits per heavy atom. The molecule has 1 aliphatic heterocycles. The molecule has 2 aliphatic rings. The Morgan fingerprint density at radius 3 is 2.37 bits per heavy atom. The SMILES string of the molecule is COc1c(-c2ccc(NC3(C(=O)O)CCOCC3)cc2COC2CCCC2)cc(C)c(C)c1OC. The Kier molecular flexibility index (Phi) is 7.87. The molecule has 1 heterocycles. The lowest BCUT2D eigenvalue weighted by molar-refractivity contribution is -0.145. The van der Waals surface area contributed by atoms with Crippen LogP contribution in [0.2, 0.25) is 0 Å². The molecule has 7 heteroatoms. The molecule has 2 fully saturated rings. The van der Waals surface area contributed by atoms with Crippen molar-refractivity contribution in [3.8, 4) is 22.6 Å². The second-order valence-electron chi connectivity index (χ2n) is 9.65. The highest BCUT2D eigenvalue weighted by molar-refractivity contribution is 5.84. The number of hydrogen-bond acceptors (Lipinski definition) is 6. The summed E-state index contributed by atoms with van der Waals surface area (Å²) in [5.74, 6) is 0.554. The van der Waals surface area contributed by atoms with Gasteiger partial charge < -0.3 is 29.4 Å².